The molecule has 3 heterocycles. The van der Waals surface area contributed by atoms with Crippen LogP contribution in [0.4, 0.5) is 0 Å². The van der Waals surface area contributed by atoms with Crippen LogP contribution in [-0.4, -0.2) is 36.9 Å². The third-order valence-corrected chi connectivity index (χ3v) is 4.41. The number of fused-ring (bicyclic) bond motifs is 3. The Morgan fingerprint density at radius 2 is 2.00 bits per heavy atom. The van der Waals surface area contributed by atoms with Gasteiger partial charge in [-0.3, -0.25) is 4.79 Å². The largest absolute Gasteiger partial charge is 0.497 e. The van der Waals surface area contributed by atoms with Crippen LogP contribution in [0.15, 0.2) is 24.3 Å². The Hall–Kier alpha value is -2.80. The van der Waals surface area contributed by atoms with Crippen LogP contribution in [0.2, 0.25) is 0 Å². The van der Waals surface area contributed by atoms with Gasteiger partial charge in [-0.25, -0.2) is 4.79 Å². The van der Waals surface area contributed by atoms with Gasteiger partial charge in [0.25, 0.3) is 0 Å². The first kappa shape index (κ1) is 15.7. The molecule has 0 bridgehead atoms. The van der Waals surface area contributed by atoms with Crippen molar-refractivity contribution in [1.29, 1.82) is 0 Å². The lowest BCUT2D eigenvalue weighted by Gasteiger charge is -2.17. The van der Waals surface area contributed by atoms with Crippen LogP contribution in [0.3, 0.4) is 0 Å². The third kappa shape index (κ3) is 2.76. The van der Waals surface area contributed by atoms with E-state index in [9.17, 15) is 9.59 Å². The third-order valence-electron chi connectivity index (χ3n) is 4.41. The van der Waals surface area contributed by atoms with Crippen LogP contribution in [0.5, 0.6) is 11.6 Å². The molecule has 2 aromatic rings. The highest BCUT2D eigenvalue weighted by Gasteiger charge is 2.29. The zero-order valence-electron chi connectivity index (χ0n) is 13.8. The molecule has 0 atom stereocenters. The van der Waals surface area contributed by atoms with E-state index in [0.29, 0.717) is 11.3 Å². The minimum Gasteiger partial charge on any atom is -0.497 e. The Morgan fingerprint density at radius 1 is 1.16 bits per heavy atom. The number of methoxy groups -OCH3 is 1. The van der Waals surface area contributed by atoms with Gasteiger partial charge >= 0.3 is 11.9 Å². The van der Waals surface area contributed by atoms with E-state index in [1.54, 1.807) is 19.2 Å². The summed E-state index contributed by atoms with van der Waals surface area (Å²) in [5.74, 6) is 0.0360. The van der Waals surface area contributed by atoms with Crippen LogP contribution in [0, 0.1) is 0 Å². The number of carbonyl (C=O) groups is 2. The second-order valence-corrected chi connectivity index (χ2v) is 5.98. The fourth-order valence-electron chi connectivity index (χ4n) is 3.20. The lowest BCUT2D eigenvalue weighted by molar-refractivity contribution is -0.151. The van der Waals surface area contributed by atoms with Crippen LogP contribution in [-0.2, 0) is 9.59 Å². The Balaban J connectivity index is 2.01. The maximum absolute atomic E-state index is 12.1. The molecule has 0 spiro atoms. The van der Waals surface area contributed by atoms with E-state index in [2.05, 4.69) is 11.4 Å². The number of hydrogen-bond donors (Lipinski definition) is 1. The summed E-state index contributed by atoms with van der Waals surface area (Å²) in [5.41, 5.74) is 2.49. The Labute approximate surface area is 144 Å². The molecule has 1 aromatic carbocycles. The van der Waals surface area contributed by atoms with Gasteiger partial charge in [-0.15, -0.1) is 4.73 Å². The van der Waals surface area contributed by atoms with Gasteiger partial charge in [-0.2, -0.15) is 0 Å². The predicted octanol–water partition coefficient (Wildman–Crippen LogP) is 1.68. The fraction of sp³-hybridized carbons (Fsp3) is 0.333. The number of esters is 1. The summed E-state index contributed by atoms with van der Waals surface area (Å²) in [4.78, 5) is 29.5. The molecule has 0 saturated carbocycles. The number of hydrogen-bond acceptors (Lipinski definition) is 6. The summed E-state index contributed by atoms with van der Waals surface area (Å²) in [6.45, 7) is 1.56. The minimum atomic E-state index is -0.462. The molecular formula is C18H18N2O5. The van der Waals surface area contributed by atoms with E-state index in [4.69, 9.17) is 14.3 Å². The lowest BCUT2D eigenvalue weighted by atomic mass is 9.99. The second kappa shape index (κ2) is 6.25. The van der Waals surface area contributed by atoms with Crippen molar-refractivity contribution in [2.24, 2.45) is 0 Å². The van der Waals surface area contributed by atoms with Crippen molar-refractivity contribution in [2.75, 3.05) is 20.2 Å². The van der Waals surface area contributed by atoms with Crippen molar-refractivity contribution in [3.8, 4) is 11.6 Å². The maximum atomic E-state index is 12.1. The van der Waals surface area contributed by atoms with E-state index < -0.39 is 11.9 Å². The molecule has 0 saturated heterocycles. The molecule has 7 heteroatoms. The van der Waals surface area contributed by atoms with Gasteiger partial charge in [0.05, 0.1) is 31.0 Å². The van der Waals surface area contributed by atoms with E-state index in [1.807, 2.05) is 6.07 Å². The first-order chi connectivity index (χ1) is 12.2. The van der Waals surface area contributed by atoms with E-state index in [0.717, 1.165) is 36.0 Å². The summed E-state index contributed by atoms with van der Waals surface area (Å²) in [6, 6.07) is 5.45. The van der Waals surface area contributed by atoms with Gasteiger partial charge < -0.3 is 19.6 Å². The van der Waals surface area contributed by atoms with Crippen LogP contribution < -0.4 is 19.6 Å². The number of ether oxygens (including phenoxy) is 2. The topological polar surface area (TPSA) is 78.8 Å². The summed E-state index contributed by atoms with van der Waals surface area (Å²) in [7, 11) is 1.59. The molecule has 1 aromatic heterocycles. The maximum Gasteiger partial charge on any atom is 0.333 e. The highest BCUT2D eigenvalue weighted by molar-refractivity contribution is 5.98. The zero-order valence-corrected chi connectivity index (χ0v) is 13.8. The smallest absolute Gasteiger partial charge is 0.333 e. The van der Waals surface area contributed by atoms with Crippen molar-refractivity contribution >= 4 is 28.4 Å². The Morgan fingerprint density at radius 3 is 2.76 bits per heavy atom. The zero-order chi connectivity index (χ0) is 17.4. The number of benzene rings is 1. The average Bonchev–Trinajstić information content (AvgIpc) is 2.91. The van der Waals surface area contributed by atoms with E-state index in [1.165, 1.54) is 4.73 Å². The van der Waals surface area contributed by atoms with Gasteiger partial charge in [-0.05, 0) is 36.7 Å². The average molecular weight is 342 g/mol. The molecule has 130 valence electrons. The minimum absolute atomic E-state index is 0.00369. The van der Waals surface area contributed by atoms with Crippen molar-refractivity contribution in [1.82, 2.24) is 10.0 Å². The summed E-state index contributed by atoms with van der Waals surface area (Å²) < 4.78 is 12.2. The molecule has 0 fully saturated rings. The number of nitrogens with one attached hydrogen (secondary N) is 1. The fourth-order valence-corrected chi connectivity index (χ4v) is 3.20. The summed E-state index contributed by atoms with van der Waals surface area (Å²) >= 11 is 0. The molecular weight excluding hydrogens is 324 g/mol. The van der Waals surface area contributed by atoms with Crippen LogP contribution in [0.25, 0.3) is 16.5 Å². The highest BCUT2D eigenvalue weighted by Crippen LogP contribution is 2.40. The molecule has 25 heavy (non-hydrogen) atoms. The summed E-state index contributed by atoms with van der Waals surface area (Å²) in [6.07, 6.45) is 2.85. The molecule has 4 rings (SSSR count). The van der Waals surface area contributed by atoms with Gasteiger partial charge in [0, 0.05) is 11.9 Å². The van der Waals surface area contributed by atoms with Crippen LogP contribution >= 0.6 is 0 Å². The quantitative estimate of drug-likeness (QED) is 0.837. The normalized spacial score (nSPS) is 17.9. The standard InChI is InChI=1S/C18H18N2O5/c1-23-12-2-3-14-13(10-12)17(11-6-8-19-9-7-11)18-20(14)25-16(22)5-4-15(21)24-18/h2-3,6,10,19H,4-5,7-9H2,1H3. The van der Waals surface area contributed by atoms with Gasteiger partial charge in [0.2, 0.25) is 5.88 Å². The molecule has 0 amide bonds. The number of carbonyl (C=O) groups excluding carboxylic acids is 2. The Bertz CT molecular complexity index is 896. The molecule has 7 nitrogen and oxygen atoms in total. The van der Waals surface area contributed by atoms with Gasteiger partial charge in [0.15, 0.2) is 0 Å². The molecule has 0 aliphatic carbocycles. The molecule has 0 unspecified atom stereocenters. The summed E-state index contributed by atoms with van der Waals surface area (Å²) in [5, 5.41) is 4.09. The van der Waals surface area contributed by atoms with Crippen molar-refractivity contribution in [3.63, 3.8) is 0 Å². The number of aromatic nitrogens is 1. The predicted molar refractivity (Wildman–Crippen MR) is 90.4 cm³/mol. The first-order valence-electron chi connectivity index (χ1n) is 8.22. The van der Waals surface area contributed by atoms with E-state index >= 15 is 0 Å². The first-order valence-corrected chi connectivity index (χ1v) is 8.22. The van der Waals surface area contributed by atoms with Crippen molar-refractivity contribution in [3.05, 3.63) is 29.8 Å². The SMILES string of the molecule is COc1ccc2c(c1)c(C1=CCNCC1)c1n2OC(=O)CCC(=O)O1. The van der Waals surface area contributed by atoms with Crippen molar-refractivity contribution in [2.45, 2.75) is 19.3 Å². The molecule has 2 aliphatic heterocycles. The van der Waals surface area contributed by atoms with Gasteiger partial charge in [0.1, 0.15) is 5.75 Å². The Kier molecular flexibility index (Phi) is 3.93. The number of nitrogens with zero attached hydrogens (tertiary/aromatic N) is 1. The molecule has 2 aliphatic rings. The lowest BCUT2D eigenvalue weighted by Crippen LogP contribution is -2.26. The highest BCUT2D eigenvalue weighted by atomic mass is 16.7. The van der Waals surface area contributed by atoms with Crippen molar-refractivity contribution < 1.29 is 23.9 Å². The van der Waals surface area contributed by atoms with Crippen LogP contribution in [0.1, 0.15) is 24.8 Å². The van der Waals surface area contributed by atoms with E-state index in [-0.39, 0.29) is 18.7 Å². The molecule has 1 N–H and O–H groups in total. The molecule has 0 radical (unpaired) electrons. The number of rotatable bonds is 2. The second-order valence-electron chi connectivity index (χ2n) is 5.98. The monoisotopic (exact) mass is 342 g/mol. The van der Waals surface area contributed by atoms with Gasteiger partial charge in [-0.1, -0.05) is 6.08 Å².